The van der Waals surface area contributed by atoms with Crippen LogP contribution in [0.3, 0.4) is 0 Å². The monoisotopic (exact) mass is 413 g/mol. The average molecular weight is 414 g/mol. The fourth-order valence-electron chi connectivity index (χ4n) is 4.99. The second-order valence-electron chi connectivity index (χ2n) is 8.55. The third-order valence-corrected chi connectivity index (χ3v) is 6.76. The number of urea groups is 1. The third kappa shape index (κ3) is 3.42. The van der Waals surface area contributed by atoms with E-state index in [1.807, 2.05) is 49.3 Å². The van der Waals surface area contributed by atoms with E-state index in [0.29, 0.717) is 5.95 Å². The maximum absolute atomic E-state index is 12.9. The lowest BCUT2D eigenvalue weighted by Crippen LogP contribution is -2.48. The van der Waals surface area contributed by atoms with E-state index >= 15 is 0 Å². The minimum absolute atomic E-state index is 0.0179. The summed E-state index contributed by atoms with van der Waals surface area (Å²) in [5.74, 6) is 0.646. The van der Waals surface area contributed by atoms with Gasteiger partial charge in [0.05, 0.1) is 5.69 Å². The molecule has 2 heterocycles. The van der Waals surface area contributed by atoms with Crippen LogP contribution in [0.4, 0.5) is 16.4 Å². The molecule has 0 atom stereocenters. The number of nitrogens with one attached hydrogen (secondary N) is 2. The van der Waals surface area contributed by atoms with Gasteiger partial charge in [-0.1, -0.05) is 42.5 Å². The first-order valence-electron chi connectivity index (χ1n) is 10.8. The highest BCUT2D eigenvalue weighted by Gasteiger charge is 2.42. The summed E-state index contributed by atoms with van der Waals surface area (Å²) >= 11 is 0. The summed E-state index contributed by atoms with van der Waals surface area (Å²) in [6.07, 6.45) is 4.73. The number of nitrogens with zero attached hydrogens (tertiary/aromatic N) is 3. The fraction of sp³-hybridized carbons (Fsp3) is 0.320. The van der Waals surface area contributed by atoms with Crippen molar-refractivity contribution in [2.75, 3.05) is 30.8 Å². The topological polar surface area (TPSA) is 70.2 Å². The molecule has 1 saturated heterocycles. The van der Waals surface area contributed by atoms with Crippen LogP contribution in [0.2, 0.25) is 0 Å². The van der Waals surface area contributed by atoms with Crippen molar-refractivity contribution in [1.29, 1.82) is 0 Å². The maximum atomic E-state index is 12.9. The largest absolute Gasteiger partial charge is 0.357 e. The first-order chi connectivity index (χ1) is 15.1. The van der Waals surface area contributed by atoms with Crippen molar-refractivity contribution in [1.82, 2.24) is 14.9 Å². The van der Waals surface area contributed by atoms with Gasteiger partial charge >= 0.3 is 6.03 Å². The zero-order valence-electron chi connectivity index (χ0n) is 18.0. The Morgan fingerprint density at radius 2 is 1.81 bits per heavy atom. The lowest BCUT2D eigenvalue weighted by molar-refractivity contribution is 0.166. The number of amides is 2. The van der Waals surface area contributed by atoms with Gasteiger partial charge in [-0.15, -0.1) is 0 Å². The summed E-state index contributed by atoms with van der Waals surface area (Å²) in [5.41, 5.74) is 6.73. The van der Waals surface area contributed by atoms with Crippen LogP contribution in [0.25, 0.3) is 11.3 Å². The van der Waals surface area contributed by atoms with Gasteiger partial charge in [0, 0.05) is 43.0 Å². The van der Waals surface area contributed by atoms with Crippen LogP contribution in [-0.2, 0) is 11.8 Å². The first kappa shape index (κ1) is 19.5. The Kier molecular flexibility index (Phi) is 4.85. The van der Waals surface area contributed by atoms with E-state index < -0.39 is 0 Å². The molecule has 1 aromatic heterocycles. The number of hydrogen-bond donors (Lipinski definition) is 2. The average Bonchev–Trinajstić information content (AvgIpc) is 2.81. The Hall–Kier alpha value is -3.41. The third-order valence-electron chi connectivity index (χ3n) is 6.76. The molecule has 2 amide bonds. The molecular formula is C25H27N5O. The van der Waals surface area contributed by atoms with Crippen LogP contribution >= 0.6 is 0 Å². The van der Waals surface area contributed by atoms with Crippen molar-refractivity contribution in [3.05, 3.63) is 71.4 Å². The van der Waals surface area contributed by atoms with Crippen LogP contribution in [0.15, 0.2) is 54.7 Å². The second kappa shape index (κ2) is 7.69. The van der Waals surface area contributed by atoms with E-state index in [0.717, 1.165) is 49.3 Å². The molecule has 2 aromatic carbocycles. The highest BCUT2D eigenvalue weighted by atomic mass is 16.2. The predicted molar refractivity (Wildman–Crippen MR) is 123 cm³/mol. The number of piperidine rings is 1. The Labute approximate surface area is 182 Å². The normalized spacial score (nSPS) is 16.4. The first-order valence-corrected chi connectivity index (χ1v) is 10.8. The van der Waals surface area contributed by atoms with E-state index in [-0.39, 0.29) is 11.4 Å². The van der Waals surface area contributed by atoms with Crippen LogP contribution in [0.1, 0.15) is 29.5 Å². The molecule has 1 aliphatic heterocycles. The molecule has 0 bridgehead atoms. The molecule has 1 aliphatic carbocycles. The molecule has 2 aliphatic rings. The van der Waals surface area contributed by atoms with E-state index in [2.05, 4.69) is 39.9 Å². The highest BCUT2D eigenvalue weighted by molar-refractivity contribution is 5.90. The standard InChI is InChI=1S/C25H27N5O/c1-17-7-3-6-10-21(17)28-24(31)30-13-11-25(12-14-30)15-18-16-27-23(26-2)29-22(18)19-8-4-5-9-20(19)25/h3-10,16H,11-15H2,1-2H3,(H,28,31)(H,26,27,29). The van der Waals surface area contributed by atoms with Gasteiger partial charge in [-0.2, -0.15) is 0 Å². The number of anilines is 2. The number of rotatable bonds is 2. The summed E-state index contributed by atoms with van der Waals surface area (Å²) in [4.78, 5) is 24.0. The van der Waals surface area contributed by atoms with Crippen molar-refractivity contribution in [3.63, 3.8) is 0 Å². The van der Waals surface area contributed by atoms with E-state index in [9.17, 15) is 4.79 Å². The van der Waals surface area contributed by atoms with E-state index in [1.54, 1.807) is 0 Å². The molecular weight excluding hydrogens is 386 g/mol. The van der Waals surface area contributed by atoms with Gasteiger partial charge in [-0.3, -0.25) is 0 Å². The number of para-hydroxylation sites is 1. The van der Waals surface area contributed by atoms with Crippen molar-refractivity contribution in [2.45, 2.75) is 31.6 Å². The molecule has 0 unspecified atom stereocenters. The number of likely N-dealkylation sites (tertiary alicyclic amines) is 1. The number of carbonyl (C=O) groups is 1. The summed E-state index contributed by atoms with van der Waals surface area (Å²) in [6, 6.07) is 16.5. The SMILES string of the molecule is CNc1ncc2c(n1)-c1ccccc1C1(CCN(C(=O)Nc3ccccc3C)CC1)C2. The smallest absolute Gasteiger partial charge is 0.321 e. The predicted octanol–water partition coefficient (Wildman–Crippen LogP) is 4.62. The molecule has 3 aromatic rings. The number of benzene rings is 2. The highest BCUT2D eigenvalue weighted by Crippen LogP contribution is 2.47. The Morgan fingerprint density at radius 3 is 2.58 bits per heavy atom. The molecule has 1 spiro atoms. The molecule has 31 heavy (non-hydrogen) atoms. The lowest BCUT2D eigenvalue weighted by Gasteiger charge is -2.45. The molecule has 1 fully saturated rings. The van der Waals surface area contributed by atoms with Gasteiger partial charge in [-0.05, 0) is 48.9 Å². The van der Waals surface area contributed by atoms with Gasteiger partial charge in [0.25, 0.3) is 0 Å². The van der Waals surface area contributed by atoms with Crippen molar-refractivity contribution in [3.8, 4) is 11.3 Å². The van der Waals surface area contributed by atoms with Crippen LogP contribution in [0, 0.1) is 6.92 Å². The van der Waals surface area contributed by atoms with E-state index in [1.165, 1.54) is 16.7 Å². The summed E-state index contributed by atoms with van der Waals surface area (Å²) in [5, 5.41) is 6.13. The molecule has 0 radical (unpaired) electrons. The fourth-order valence-corrected chi connectivity index (χ4v) is 4.99. The van der Waals surface area contributed by atoms with Crippen molar-refractivity contribution >= 4 is 17.7 Å². The Bertz CT molecular complexity index is 1130. The van der Waals surface area contributed by atoms with Crippen molar-refractivity contribution in [2.24, 2.45) is 0 Å². The number of hydrogen-bond acceptors (Lipinski definition) is 4. The number of aromatic nitrogens is 2. The summed E-state index contributed by atoms with van der Waals surface area (Å²) < 4.78 is 0. The number of carbonyl (C=O) groups excluding carboxylic acids is 1. The van der Waals surface area contributed by atoms with Crippen LogP contribution in [0.5, 0.6) is 0 Å². The quantitative estimate of drug-likeness (QED) is 0.643. The van der Waals surface area contributed by atoms with Gasteiger partial charge in [0.1, 0.15) is 0 Å². The number of aryl methyl sites for hydroxylation is 1. The second-order valence-corrected chi connectivity index (χ2v) is 8.55. The number of fused-ring (bicyclic) bond motifs is 4. The van der Waals surface area contributed by atoms with Gasteiger partial charge in [0.2, 0.25) is 5.95 Å². The summed E-state index contributed by atoms with van der Waals surface area (Å²) in [6.45, 7) is 3.48. The molecule has 6 nitrogen and oxygen atoms in total. The molecule has 0 saturated carbocycles. The zero-order valence-corrected chi connectivity index (χ0v) is 18.0. The van der Waals surface area contributed by atoms with E-state index in [4.69, 9.17) is 4.98 Å². The summed E-state index contributed by atoms with van der Waals surface area (Å²) in [7, 11) is 1.84. The van der Waals surface area contributed by atoms with Crippen molar-refractivity contribution < 1.29 is 4.79 Å². The van der Waals surface area contributed by atoms with Crippen LogP contribution < -0.4 is 10.6 Å². The molecule has 5 rings (SSSR count). The molecule has 2 N–H and O–H groups in total. The maximum Gasteiger partial charge on any atom is 0.321 e. The van der Waals surface area contributed by atoms with Gasteiger partial charge in [-0.25, -0.2) is 14.8 Å². The van der Waals surface area contributed by atoms with Crippen LogP contribution in [-0.4, -0.2) is 41.0 Å². The minimum Gasteiger partial charge on any atom is -0.357 e. The Morgan fingerprint density at radius 1 is 1.06 bits per heavy atom. The Balaban J connectivity index is 1.38. The lowest BCUT2D eigenvalue weighted by atomic mass is 9.64. The van der Waals surface area contributed by atoms with Gasteiger partial charge in [0.15, 0.2) is 0 Å². The minimum atomic E-state index is -0.0179. The van der Waals surface area contributed by atoms with Gasteiger partial charge < -0.3 is 15.5 Å². The zero-order chi connectivity index (χ0) is 21.4. The molecule has 158 valence electrons. The molecule has 6 heteroatoms.